The van der Waals surface area contributed by atoms with Crippen LogP contribution in [0.15, 0.2) is 0 Å². The van der Waals surface area contributed by atoms with Crippen LogP contribution in [0.2, 0.25) is 0 Å². The van der Waals surface area contributed by atoms with Crippen molar-refractivity contribution in [3.63, 3.8) is 0 Å². The maximum Gasteiger partial charge on any atom is 0.333 e. The first-order valence-electron chi connectivity index (χ1n) is 3.47. The van der Waals surface area contributed by atoms with E-state index in [1.54, 1.807) is 7.11 Å². The van der Waals surface area contributed by atoms with Crippen LogP contribution in [0.25, 0.3) is 0 Å². The molecular weight excluding hydrogens is 160 g/mol. The number of terminal acetylenes is 1. The lowest BCUT2D eigenvalue weighted by molar-refractivity contribution is -0.147. The number of hydrogen-bond acceptors (Lipinski definition) is 4. The van der Waals surface area contributed by atoms with Gasteiger partial charge in [-0.3, -0.25) is 0 Å². The van der Waals surface area contributed by atoms with Gasteiger partial charge >= 0.3 is 5.97 Å². The highest BCUT2D eigenvalue weighted by molar-refractivity contribution is 5.70. The molecule has 0 unspecified atom stereocenters. The van der Waals surface area contributed by atoms with Gasteiger partial charge in [0.05, 0.1) is 13.2 Å². The highest BCUT2D eigenvalue weighted by Crippen LogP contribution is 1.81. The third-order valence-electron chi connectivity index (χ3n) is 0.968. The van der Waals surface area contributed by atoms with E-state index in [0.29, 0.717) is 13.2 Å². The van der Waals surface area contributed by atoms with Gasteiger partial charge in [-0.25, -0.2) is 4.79 Å². The number of carbonyl (C=O) groups is 1. The van der Waals surface area contributed by atoms with E-state index in [0.717, 1.165) is 0 Å². The molecule has 0 radical (unpaired) electrons. The van der Waals surface area contributed by atoms with E-state index in [9.17, 15) is 4.79 Å². The predicted octanol–water partition coefficient (Wildman–Crippen LogP) is -0.174. The Labute approximate surface area is 71.8 Å². The summed E-state index contributed by atoms with van der Waals surface area (Å²) in [5.74, 6) is 1.72. The molecule has 0 N–H and O–H groups in total. The summed E-state index contributed by atoms with van der Waals surface area (Å²) in [6.45, 7) is 0.752. The molecule has 0 aromatic carbocycles. The van der Waals surface area contributed by atoms with Gasteiger partial charge in [0, 0.05) is 7.11 Å². The van der Waals surface area contributed by atoms with Gasteiger partial charge in [0.15, 0.2) is 6.61 Å². The topological polar surface area (TPSA) is 44.8 Å². The van der Waals surface area contributed by atoms with Crippen molar-refractivity contribution in [3.8, 4) is 12.3 Å². The number of rotatable bonds is 6. The van der Waals surface area contributed by atoms with Crippen molar-refractivity contribution in [2.24, 2.45) is 0 Å². The molecule has 4 nitrogen and oxygen atoms in total. The number of hydrogen-bond donors (Lipinski definition) is 0. The Kier molecular flexibility index (Phi) is 7.35. The molecule has 12 heavy (non-hydrogen) atoms. The van der Waals surface area contributed by atoms with Crippen LogP contribution in [0, 0.1) is 12.3 Å². The zero-order valence-electron chi connectivity index (χ0n) is 7.04. The highest BCUT2D eigenvalue weighted by Gasteiger charge is 2.00. The van der Waals surface area contributed by atoms with E-state index < -0.39 is 5.97 Å². The Bertz CT molecular complexity index is 159. The Morgan fingerprint density at radius 2 is 2.25 bits per heavy atom. The maximum absolute atomic E-state index is 10.7. The fourth-order valence-corrected chi connectivity index (χ4v) is 0.462. The molecule has 0 aliphatic heterocycles. The maximum atomic E-state index is 10.7. The Hall–Kier alpha value is -1.05. The van der Waals surface area contributed by atoms with E-state index in [4.69, 9.17) is 15.9 Å². The molecular formula is C8H12O4. The van der Waals surface area contributed by atoms with Crippen LogP contribution >= 0.6 is 0 Å². The molecule has 0 heterocycles. The van der Waals surface area contributed by atoms with Gasteiger partial charge in [-0.2, -0.15) is 0 Å². The molecule has 0 saturated heterocycles. The van der Waals surface area contributed by atoms with Crippen LogP contribution in [-0.2, 0) is 19.0 Å². The summed E-state index contributed by atoms with van der Waals surface area (Å²) in [7, 11) is 1.56. The van der Waals surface area contributed by atoms with Crippen molar-refractivity contribution in [1.82, 2.24) is 0 Å². The monoisotopic (exact) mass is 172 g/mol. The zero-order valence-corrected chi connectivity index (χ0v) is 7.04. The first kappa shape index (κ1) is 11.0. The molecule has 0 aliphatic carbocycles. The lowest BCUT2D eigenvalue weighted by Crippen LogP contribution is -2.14. The third-order valence-corrected chi connectivity index (χ3v) is 0.968. The molecule has 0 fully saturated rings. The first-order chi connectivity index (χ1) is 5.81. The van der Waals surface area contributed by atoms with Crippen molar-refractivity contribution >= 4 is 5.97 Å². The fraction of sp³-hybridized carbons (Fsp3) is 0.625. The van der Waals surface area contributed by atoms with Gasteiger partial charge in [-0.15, -0.1) is 6.42 Å². The van der Waals surface area contributed by atoms with Gasteiger partial charge < -0.3 is 14.2 Å². The average Bonchev–Trinajstić information content (AvgIpc) is 2.09. The van der Waals surface area contributed by atoms with Crippen LogP contribution in [0.1, 0.15) is 0 Å². The summed E-state index contributed by atoms with van der Waals surface area (Å²) >= 11 is 0. The van der Waals surface area contributed by atoms with Gasteiger partial charge in [0.25, 0.3) is 0 Å². The van der Waals surface area contributed by atoms with Gasteiger partial charge in [-0.1, -0.05) is 5.92 Å². The number of ether oxygens (including phenoxy) is 3. The van der Waals surface area contributed by atoms with E-state index in [2.05, 4.69) is 10.7 Å². The van der Waals surface area contributed by atoms with E-state index in [-0.39, 0.29) is 13.2 Å². The SMILES string of the molecule is C#CCOC(=O)COCCOC. The molecule has 4 heteroatoms. The van der Waals surface area contributed by atoms with Crippen molar-refractivity contribution < 1.29 is 19.0 Å². The van der Waals surface area contributed by atoms with Gasteiger partial charge in [0.1, 0.15) is 6.61 Å². The molecule has 0 bridgehead atoms. The average molecular weight is 172 g/mol. The number of methoxy groups -OCH3 is 1. The van der Waals surface area contributed by atoms with Gasteiger partial charge in [0.2, 0.25) is 0 Å². The standard InChI is InChI=1S/C8H12O4/c1-3-4-12-8(9)7-11-6-5-10-2/h1H,4-7H2,2H3. The summed E-state index contributed by atoms with van der Waals surface area (Å²) in [5, 5.41) is 0. The molecule has 0 aromatic heterocycles. The summed E-state index contributed by atoms with van der Waals surface area (Å²) in [5.41, 5.74) is 0. The first-order valence-corrected chi connectivity index (χ1v) is 3.47. The molecule has 0 aliphatic rings. The van der Waals surface area contributed by atoms with E-state index in [1.807, 2.05) is 0 Å². The van der Waals surface area contributed by atoms with Crippen LogP contribution < -0.4 is 0 Å². The molecule has 0 atom stereocenters. The fourth-order valence-electron chi connectivity index (χ4n) is 0.462. The van der Waals surface area contributed by atoms with Crippen LogP contribution in [-0.4, -0.2) is 39.5 Å². The number of esters is 1. The van der Waals surface area contributed by atoms with Crippen LogP contribution in [0.4, 0.5) is 0 Å². The summed E-state index contributed by atoms with van der Waals surface area (Å²) in [4.78, 5) is 10.7. The second-order valence-electron chi connectivity index (χ2n) is 1.91. The molecule has 0 spiro atoms. The molecule has 0 aromatic rings. The minimum Gasteiger partial charge on any atom is -0.451 e. The lowest BCUT2D eigenvalue weighted by Gasteiger charge is -2.02. The predicted molar refractivity (Wildman–Crippen MR) is 42.5 cm³/mol. The Balaban J connectivity index is 3.15. The quantitative estimate of drug-likeness (QED) is 0.317. The summed E-state index contributed by atoms with van der Waals surface area (Å²) < 4.78 is 14.1. The largest absolute Gasteiger partial charge is 0.451 e. The van der Waals surface area contributed by atoms with Crippen molar-refractivity contribution in [2.75, 3.05) is 33.5 Å². The normalized spacial score (nSPS) is 9.00. The third kappa shape index (κ3) is 7.06. The summed E-state index contributed by atoms with van der Waals surface area (Å²) in [6, 6.07) is 0. The number of carbonyl (C=O) groups excluding carboxylic acids is 1. The lowest BCUT2D eigenvalue weighted by atomic mass is 10.7. The van der Waals surface area contributed by atoms with E-state index >= 15 is 0 Å². The smallest absolute Gasteiger partial charge is 0.333 e. The van der Waals surface area contributed by atoms with E-state index in [1.165, 1.54) is 0 Å². The van der Waals surface area contributed by atoms with Crippen molar-refractivity contribution in [3.05, 3.63) is 0 Å². The summed E-state index contributed by atoms with van der Waals surface area (Å²) in [6.07, 6.45) is 4.87. The Morgan fingerprint density at radius 1 is 1.50 bits per heavy atom. The minimum atomic E-state index is -0.455. The highest BCUT2D eigenvalue weighted by atomic mass is 16.6. The second kappa shape index (κ2) is 8.05. The van der Waals surface area contributed by atoms with Crippen LogP contribution in [0.5, 0.6) is 0 Å². The molecule has 0 rings (SSSR count). The Morgan fingerprint density at radius 3 is 2.83 bits per heavy atom. The molecule has 68 valence electrons. The van der Waals surface area contributed by atoms with Gasteiger partial charge in [-0.05, 0) is 0 Å². The molecule has 0 amide bonds. The van der Waals surface area contributed by atoms with Crippen LogP contribution in [0.3, 0.4) is 0 Å². The zero-order chi connectivity index (χ0) is 9.23. The second-order valence-corrected chi connectivity index (χ2v) is 1.91. The van der Waals surface area contributed by atoms with Crippen molar-refractivity contribution in [1.29, 1.82) is 0 Å². The van der Waals surface area contributed by atoms with Crippen molar-refractivity contribution in [2.45, 2.75) is 0 Å². The minimum absolute atomic E-state index is 0.00747. The molecule has 0 saturated carbocycles.